The minimum atomic E-state index is -1.59. The average Bonchev–Trinajstić information content (AvgIpc) is 3.56. The van der Waals surface area contributed by atoms with Gasteiger partial charge in [-0.3, -0.25) is 4.79 Å². The lowest BCUT2D eigenvalue weighted by molar-refractivity contribution is -0.143. The van der Waals surface area contributed by atoms with Crippen LogP contribution >= 0.6 is 8.53 Å². The SMILES string of the molecule is CCCC(CC)COC(=O)CN[P@](OC[C@@H]1CCC(c2ccc3c(N)ncnn23)O1)Oc1ccccc1. The van der Waals surface area contributed by atoms with E-state index in [1.807, 2.05) is 42.5 Å². The van der Waals surface area contributed by atoms with E-state index >= 15 is 0 Å². The number of ether oxygens (including phenoxy) is 2. The highest BCUT2D eigenvalue weighted by Gasteiger charge is 2.30. The maximum absolute atomic E-state index is 12.4. The van der Waals surface area contributed by atoms with Gasteiger partial charge in [0.05, 0.1) is 25.0 Å². The third kappa shape index (κ3) is 7.61. The molecule has 2 aromatic heterocycles. The van der Waals surface area contributed by atoms with Crippen molar-refractivity contribution >= 4 is 25.8 Å². The Morgan fingerprint density at radius 2 is 2.08 bits per heavy atom. The number of fused-ring (bicyclic) bond motifs is 1. The van der Waals surface area contributed by atoms with Crippen LogP contribution in [0.2, 0.25) is 0 Å². The lowest BCUT2D eigenvalue weighted by Gasteiger charge is -2.21. The lowest BCUT2D eigenvalue weighted by atomic mass is 10.0. The van der Waals surface area contributed by atoms with E-state index < -0.39 is 8.53 Å². The van der Waals surface area contributed by atoms with Crippen molar-refractivity contribution in [2.75, 3.05) is 25.5 Å². The first-order valence-electron chi connectivity index (χ1n) is 12.9. The number of carbonyl (C=O) groups is 1. The molecule has 1 saturated heterocycles. The van der Waals surface area contributed by atoms with Crippen LogP contribution in [0.25, 0.3) is 5.52 Å². The first-order chi connectivity index (χ1) is 18.1. The molecule has 10 nitrogen and oxygen atoms in total. The van der Waals surface area contributed by atoms with Crippen molar-refractivity contribution in [1.29, 1.82) is 0 Å². The van der Waals surface area contributed by atoms with E-state index in [1.165, 1.54) is 6.33 Å². The van der Waals surface area contributed by atoms with Crippen LogP contribution in [0.3, 0.4) is 0 Å². The largest absolute Gasteiger partial charge is 0.464 e. The van der Waals surface area contributed by atoms with Crippen molar-refractivity contribution in [2.45, 2.75) is 58.2 Å². The molecule has 1 aromatic carbocycles. The fraction of sp³-hybridized carbons (Fsp3) is 0.500. The number of nitrogens with one attached hydrogen (secondary N) is 1. The summed E-state index contributed by atoms with van der Waals surface area (Å²) in [6.07, 6.45) is 5.97. The first-order valence-corrected chi connectivity index (χ1v) is 14.0. The molecule has 3 aromatic rings. The third-order valence-electron chi connectivity index (χ3n) is 6.36. The molecular formula is C26H36N5O5P. The number of benzene rings is 1. The molecule has 0 aliphatic carbocycles. The molecule has 0 spiro atoms. The Bertz CT molecular complexity index is 1130. The zero-order valence-corrected chi connectivity index (χ0v) is 22.3. The van der Waals surface area contributed by atoms with Gasteiger partial charge in [0.15, 0.2) is 5.82 Å². The summed E-state index contributed by atoms with van der Waals surface area (Å²) >= 11 is 0. The van der Waals surface area contributed by atoms with Crippen molar-refractivity contribution in [3.05, 3.63) is 54.5 Å². The Kier molecular flexibility index (Phi) is 10.1. The zero-order valence-electron chi connectivity index (χ0n) is 21.4. The number of para-hydroxylation sites is 1. The van der Waals surface area contributed by atoms with E-state index in [0.717, 1.165) is 43.3 Å². The molecule has 1 aliphatic heterocycles. The molecule has 1 aliphatic rings. The zero-order chi connectivity index (χ0) is 26.0. The summed E-state index contributed by atoms with van der Waals surface area (Å²) in [6, 6.07) is 13.3. The normalized spacial score (nSPS) is 19.1. The smallest absolute Gasteiger partial charge is 0.320 e. The van der Waals surface area contributed by atoms with E-state index in [2.05, 4.69) is 29.0 Å². The molecule has 0 saturated carbocycles. The number of hydrogen-bond donors (Lipinski definition) is 2. The molecule has 0 radical (unpaired) electrons. The summed E-state index contributed by atoms with van der Waals surface area (Å²) in [5, 5.41) is 7.41. The van der Waals surface area contributed by atoms with Gasteiger partial charge in [-0.05, 0) is 49.4 Å². The molecule has 4 rings (SSSR count). The summed E-state index contributed by atoms with van der Waals surface area (Å²) in [6.45, 7) is 5.02. The Balaban J connectivity index is 1.30. The van der Waals surface area contributed by atoms with Crippen molar-refractivity contribution < 1.29 is 23.3 Å². The van der Waals surface area contributed by atoms with Crippen LogP contribution in [0.5, 0.6) is 5.75 Å². The first kappa shape index (κ1) is 27.3. The van der Waals surface area contributed by atoms with Crippen LogP contribution in [0.4, 0.5) is 5.82 Å². The van der Waals surface area contributed by atoms with Gasteiger partial charge < -0.3 is 24.3 Å². The van der Waals surface area contributed by atoms with E-state index in [4.69, 9.17) is 24.3 Å². The van der Waals surface area contributed by atoms with Gasteiger partial charge in [0, 0.05) is 0 Å². The van der Waals surface area contributed by atoms with Crippen LogP contribution < -0.4 is 15.3 Å². The summed E-state index contributed by atoms with van der Waals surface area (Å²) in [5.41, 5.74) is 7.65. The highest BCUT2D eigenvalue weighted by molar-refractivity contribution is 7.45. The number of aromatic nitrogens is 3. The second kappa shape index (κ2) is 13.7. The van der Waals surface area contributed by atoms with Gasteiger partial charge >= 0.3 is 14.5 Å². The minimum absolute atomic E-state index is 0.00647. The monoisotopic (exact) mass is 529 g/mol. The van der Waals surface area contributed by atoms with Gasteiger partial charge in [-0.2, -0.15) is 5.10 Å². The molecule has 37 heavy (non-hydrogen) atoms. The topological polar surface area (TPSA) is 122 Å². The number of nitrogens with zero attached hydrogens (tertiary/aromatic N) is 3. The Hall–Kier alpha value is -2.78. The number of nitrogens with two attached hydrogens (primary N) is 1. The summed E-state index contributed by atoms with van der Waals surface area (Å²) in [5.74, 6) is 1.16. The number of hydrogen-bond acceptors (Lipinski definition) is 9. The van der Waals surface area contributed by atoms with Crippen molar-refractivity contribution in [3.8, 4) is 5.75 Å². The van der Waals surface area contributed by atoms with Gasteiger partial charge in [0.1, 0.15) is 30.2 Å². The fourth-order valence-corrected chi connectivity index (χ4v) is 5.38. The number of esters is 1. The van der Waals surface area contributed by atoms with E-state index in [0.29, 0.717) is 30.7 Å². The minimum Gasteiger partial charge on any atom is -0.464 e. The summed E-state index contributed by atoms with van der Waals surface area (Å²) < 4.78 is 25.6. The molecule has 3 N–H and O–H groups in total. The Labute approximate surface area is 218 Å². The maximum atomic E-state index is 12.4. The molecule has 2 unspecified atom stereocenters. The number of rotatable bonds is 14. The number of carbonyl (C=O) groups excluding carboxylic acids is 1. The van der Waals surface area contributed by atoms with E-state index in [-0.39, 0.29) is 24.7 Å². The fourth-order valence-electron chi connectivity index (χ4n) is 4.30. The van der Waals surface area contributed by atoms with Gasteiger partial charge in [0.2, 0.25) is 0 Å². The van der Waals surface area contributed by atoms with Crippen molar-refractivity contribution in [3.63, 3.8) is 0 Å². The Morgan fingerprint density at radius 3 is 2.86 bits per heavy atom. The van der Waals surface area contributed by atoms with Gasteiger partial charge in [-0.1, -0.05) is 44.9 Å². The molecule has 3 heterocycles. The third-order valence-corrected chi connectivity index (χ3v) is 7.54. The number of nitrogen functional groups attached to an aromatic ring is 1. The predicted octanol–water partition coefficient (Wildman–Crippen LogP) is 4.81. The van der Waals surface area contributed by atoms with Crippen LogP contribution in [0, 0.1) is 5.92 Å². The second-order valence-corrected chi connectivity index (χ2v) is 10.3. The van der Waals surface area contributed by atoms with Crippen LogP contribution in [-0.4, -0.2) is 46.4 Å². The molecular weight excluding hydrogens is 493 g/mol. The maximum Gasteiger partial charge on any atom is 0.320 e. The van der Waals surface area contributed by atoms with Crippen LogP contribution in [0.1, 0.15) is 57.7 Å². The van der Waals surface area contributed by atoms with Crippen LogP contribution in [0.15, 0.2) is 48.8 Å². The number of anilines is 1. The second-order valence-electron chi connectivity index (χ2n) is 9.06. The highest BCUT2D eigenvalue weighted by atomic mass is 31.2. The van der Waals surface area contributed by atoms with Crippen molar-refractivity contribution in [1.82, 2.24) is 19.7 Å². The summed E-state index contributed by atoms with van der Waals surface area (Å²) in [7, 11) is -1.59. The van der Waals surface area contributed by atoms with E-state index in [9.17, 15) is 4.79 Å². The molecule has 4 atom stereocenters. The predicted molar refractivity (Wildman–Crippen MR) is 142 cm³/mol. The molecule has 0 amide bonds. The molecule has 200 valence electrons. The van der Waals surface area contributed by atoms with Gasteiger partial charge in [0.25, 0.3) is 0 Å². The van der Waals surface area contributed by atoms with Crippen LogP contribution in [-0.2, 0) is 18.8 Å². The molecule has 0 bridgehead atoms. The molecule has 1 fully saturated rings. The quantitative estimate of drug-likeness (QED) is 0.224. The van der Waals surface area contributed by atoms with Crippen molar-refractivity contribution in [2.24, 2.45) is 5.92 Å². The Morgan fingerprint density at radius 1 is 1.24 bits per heavy atom. The standard InChI is InChI=1S/C26H36N5O5P/c1-3-8-19(4-2)16-33-25(32)15-30-37(36-20-9-6-5-7-10-20)34-17-21-11-14-24(35-21)22-12-13-23-26(27)28-18-29-31(22)23/h5-7,9-10,12-13,18-19,21,24,30H,3-4,8,11,14-17H2,1-2H3,(H2,27,28,29)/t19?,21-,24?,37+/m0/s1. The van der Waals surface area contributed by atoms with Gasteiger partial charge in [-0.25, -0.2) is 14.6 Å². The highest BCUT2D eigenvalue weighted by Crippen LogP contribution is 2.39. The lowest BCUT2D eigenvalue weighted by Crippen LogP contribution is -2.26. The molecule has 11 heteroatoms. The van der Waals surface area contributed by atoms with Gasteiger partial charge in [-0.15, -0.1) is 0 Å². The summed E-state index contributed by atoms with van der Waals surface area (Å²) in [4.78, 5) is 16.4. The average molecular weight is 530 g/mol. The van der Waals surface area contributed by atoms with E-state index in [1.54, 1.807) is 4.52 Å².